The Morgan fingerprint density at radius 3 is 3.19 bits per heavy atom. The van der Waals surface area contributed by atoms with E-state index in [-0.39, 0.29) is 0 Å². The molecule has 0 aromatic carbocycles. The number of thiophene rings is 1. The molecule has 16 heavy (non-hydrogen) atoms. The number of nitrogens with zero attached hydrogens (tertiary/aromatic N) is 3. The van der Waals surface area contributed by atoms with Gasteiger partial charge in [0.25, 0.3) is 0 Å². The first-order chi connectivity index (χ1) is 7.93. The molecule has 0 aliphatic carbocycles. The van der Waals surface area contributed by atoms with E-state index in [4.69, 9.17) is 0 Å². The molecule has 4 rings (SSSR count). The molecule has 0 amide bonds. The second-order valence-corrected chi connectivity index (χ2v) is 4.62. The topological polar surface area (TPSA) is 54.5 Å². The first-order valence-electron chi connectivity index (χ1n) is 4.88. The summed E-state index contributed by atoms with van der Waals surface area (Å²) >= 11 is 1.67. The van der Waals surface area contributed by atoms with Crippen molar-refractivity contribution >= 4 is 42.8 Å². The molecule has 0 bridgehead atoms. The van der Waals surface area contributed by atoms with Crippen molar-refractivity contribution in [2.75, 3.05) is 0 Å². The summed E-state index contributed by atoms with van der Waals surface area (Å²) in [4.78, 5) is 17.2. The Balaban J connectivity index is 2.38. The molecule has 4 nitrogen and oxygen atoms in total. The third kappa shape index (κ3) is 0.906. The number of fused-ring (bicyclic) bond motifs is 5. The number of rotatable bonds is 0. The Bertz CT molecular complexity index is 749. The van der Waals surface area contributed by atoms with Crippen molar-refractivity contribution in [3.63, 3.8) is 0 Å². The fourth-order valence-electron chi connectivity index (χ4n) is 1.98. The van der Waals surface area contributed by atoms with Gasteiger partial charge >= 0.3 is 0 Å². The summed E-state index contributed by atoms with van der Waals surface area (Å²) in [6.45, 7) is 0. The van der Waals surface area contributed by atoms with Crippen LogP contribution in [0.3, 0.4) is 0 Å². The van der Waals surface area contributed by atoms with Gasteiger partial charge in [-0.2, -0.15) is 0 Å². The summed E-state index contributed by atoms with van der Waals surface area (Å²) in [6.07, 6.45) is 5.23. The molecule has 0 saturated heterocycles. The molecular weight excluding hydrogens is 220 g/mol. The summed E-state index contributed by atoms with van der Waals surface area (Å²) in [6, 6.07) is 3.96. The van der Waals surface area contributed by atoms with Crippen LogP contribution in [0.5, 0.6) is 0 Å². The minimum atomic E-state index is 0.986. The van der Waals surface area contributed by atoms with Crippen LogP contribution >= 0.6 is 11.3 Å². The van der Waals surface area contributed by atoms with Gasteiger partial charge in [0, 0.05) is 12.4 Å². The van der Waals surface area contributed by atoms with Gasteiger partial charge in [-0.3, -0.25) is 4.98 Å². The Labute approximate surface area is 94.0 Å². The molecule has 0 spiro atoms. The second-order valence-electron chi connectivity index (χ2n) is 3.57. The maximum absolute atomic E-state index is 4.41. The Morgan fingerprint density at radius 1 is 1.19 bits per heavy atom. The van der Waals surface area contributed by atoms with E-state index >= 15 is 0 Å². The van der Waals surface area contributed by atoms with Crippen LogP contribution in [0.25, 0.3) is 31.5 Å². The number of nitrogens with one attached hydrogen (secondary N) is 1. The number of aromatic amines is 1. The second kappa shape index (κ2) is 2.76. The van der Waals surface area contributed by atoms with E-state index in [1.165, 1.54) is 0 Å². The summed E-state index contributed by atoms with van der Waals surface area (Å²) in [5.41, 5.74) is 3.03. The third-order valence-electron chi connectivity index (χ3n) is 2.65. The monoisotopic (exact) mass is 226 g/mol. The maximum Gasteiger partial charge on any atom is 0.116 e. The highest BCUT2D eigenvalue weighted by Gasteiger charge is 2.12. The van der Waals surface area contributed by atoms with Crippen molar-refractivity contribution in [3.8, 4) is 0 Å². The molecule has 4 aromatic heterocycles. The number of aromatic nitrogens is 4. The van der Waals surface area contributed by atoms with E-state index in [0.29, 0.717) is 0 Å². The zero-order valence-electron chi connectivity index (χ0n) is 8.14. The molecule has 0 saturated carbocycles. The molecule has 0 aliphatic rings. The SMILES string of the molecule is c1cnc2c(c1)[nH]c1sc3cncnc3c12. The highest BCUT2D eigenvalue weighted by molar-refractivity contribution is 7.25. The molecule has 0 aliphatic heterocycles. The highest BCUT2D eigenvalue weighted by atomic mass is 32.1. The molecule has 4 heterocycles. The lowest BCUT2D eigenvalue weighted by Gasteiger charge is -1.89. The van der Waals surface area contributed by atoms with Crippen molar-refractivity contribution in [1.82, 2.24) is 19.9 Å². The summed E-state index contributed by atoms with van der Waals surface area (Å²) in [5, 5.41) is 1.11. The molecule has 1 N–H and O–H groups in total. The molecule has 76 valence electrons. The predicted octanol–water partition coefficient (Wildman–Crippen LogP) is 2.72. The lowest BCUT2D eigenvalue weighted by molar-refractivity contribution is 1.23. The molecular formula is C11H6N4S. The number of hydrogen-bond donors (Lipinski definition) is 1. The Morgan fingerprint density at radius 2 is 2.19 bits per heavy atom. The third-order valence-corrected chi connectivity index (χ3v) is 3.68. The van der Waals surface area contributed by atoms with E-state index in [0.717, 1.165) is 31.5 Å². The van der Waals surface area contributed by atoms with E-state index in [2.05, 4.69) is 19.9 Å². The van der Waals surface area contributed by atoms with Crippen LogP contribution in [0.1, 0.15) is 0 Å². The van der Waals surface area contributed by atoms with Crippen molar-refractivity contribution < 1.29 is 0 Å². The van der Waals surface area contributed by atoms with Gasteiger partial charge in [0.05, 0.1) is 26.6 Å². The lowest BCUT2D eigenvalue weighted by Crippen LogP contribution is -1.76. The standard InChI is InChI=1S/C11H6N4S/c1-2-6-9(13-3-1)8-10-7(4-12-5-14-10)16-11(8)15-6/h1-5,15H. The number of hydrogen-bond acceptors (Lipinski definition) is 4. The fraction of sp³-hybridized carbons (Fsp3) is 0. The normalized spacial score (nSPS) is 11.8. The van der Waals surface area contributed by atoms with Crippen molar-refractivity contribution in [2.24, 2.45) is 0 Å². The van der Waals surface area contributed by atoms with Crippen molar-refractivity contribution in [2.45, 2.75) is 0 Å². The van der Waals surface area contributed by atoms with Gasteiger partial charge in [-0.15, -0.1) is 11.3 Å². The van der Waals surface area contributed by atoms with Gasteiger partial charge in [-0.25, -0.2) is 9.97 Å². The lowest BCUT2D eigenvalue weighted by atomic mass is 10.3. The molecule has 0 atom stereocenters. The molecule has 5 heteroatoms. The Hall–Kier alpha value is -2.01. The van der Waals surface area contributed by atoms with Gasteiger partial charge < -0.3 is 4.98 Å². The fourth-order valence-corrected chi connectivity index (χ4v) is 3.02. The first kappa shape index (κ1) is 8.18. The zero-order valence-corrected chi connectivity index (χ0v) is 8.95. The van der Waals surface area contributed by atoms with Gasteiger partial charge in [0.15, 0.2) is 0 Å². The van der Waals surface area contributed by atoms with E-state index in [9.17, 15) is 0 Å². The van der Waals surface area contributed by atoms with E-state index < -0.39 is 0 Å². The first-order valence-corrected chi connectivity index (χ1v) is 5.70. The summed E-state index contributed by atoms with van der Waals surface area (Å²) in [7, 11) is 0. The maximum atomic E-state index is 4.41. The largest absolute Gasteiger partial charge is 0.345 e. The number of H-pyrrole nitrogens is 1. The smallest absolute Gasteiger partial charge is 0.116 e. The predicted molar refractivity (Wildman–Crippen MR) is 64.6 cm³/mol. The molecule has 4 aromatic rings. The van der Waals surface area contributed by atoms with Gasteiger partial charge in [-0.05, 0) is 12.1 Å². The van der Waals surface area contributed by atoms with Crippen LogP contribution in [-0.4, -0.2) is 19.9 Å². The van der Waals surface area contributed by atoms with Gasteiger partial charge in [0.1, 0.15) is 11.2 Å². The molecule has 0 fully saturated rings. The summed E-state index contributed by atoms with van der Waals surface area (Å²) < 4.78 is 1.09. The Kier molecular flexibility index (Phi) is 1.41. The zero-order chi connectivity index (χ0) is 10.5. The van der Waals surface area contributed by atoms with Crippen LogP contribution in [-0.2, 0) is 0 Å². The van der Waals surface area contributed by atoms with Crippen LogP contribution in [0.2, 0.25) is 0 Å². The summed E-state index contributed by atoms with van der Waals surface area (Å²) in [5.74, 6) is 0. The average molecular weight is 226 g/mol. The van der Waals surface area contributed by atoms with Crippen molar-refractivity contribution in [1.29, 1.82) is 0 Å². The van der Waals surface area contributed by atoms with E-state index in [1.54, 1.807) is 23.9 Å². The quantitative estimate of drug-likeness (QED) is 0.501. The van der Waals surface area contributed by atoms with Gasteiger partial charge in [-0.1, -0.05) is 0 Å². The van der Waals surface area contributed by atoms with Gasteiger partial charge in [0.2, 0.25) is 0 Å². The van der Waals surface area contributed by atoms with Crippen molar-refractivity contribution in [3.05, 3.63) is 30.9 Å². The van der Waals surface area contributed by atoms with Crippen LogP contribution < -0.4 is 0 Å². The minimum absolute atomic E-state index is 0.986. The number of pyridine rings is 1. The molecule has 0 unspecified atom stereocenters. The van der Waals surface area contributed by atoms with Crippen LogP contribution in [0.4, 0.5) is 0 Å². The minimum Gasteiger partial charge on any atom is -0.345 e. The van der Waals surface area contributed by atoms with Crippen LogP contribution in [0.15, 0.2) is 30.9 Å². The highest BCUT2D eigenvalue weighted by Crippen LogP contribution is 2.35. The van der Waals surface area contributed by atoms with E-state index in [1.807, 2.05) is 18.3 Å². The average Bonchev–Trinajstić information content (AvgIpc) is 2.83. The van der Waals surface area contributed by atoms with Crippen LogP contribution in [0, 0.1) is 0 Å². The molecule has 0 radical (unpaired) electrons.